The molecule has 1 atom stereocenters. The monoisotopic (exact) mass is 261 g/mol. The van der Waals surface area contributed by atoms with Crippen molar-refractivity contribution in [3.63, 3.8) is 0 Å². The van der Waals surface area contributed by atoms with Crippen LogP contribution in [0.3, 0.4) is 0 Å². The molecule has 4 aliphatic carbocycles. The standard InChI is InChI=1S/C16H23NS/c1-10-2-14(9-18-10)15(17)16-6-11-3-12(7-16)5-13(4-11)8-16/h2,9,11-13,15H,3-8,17H2,1H3. The van der Waals surface area contributed by atoms with E-state index in [0.29, 0.717) is 11.5 Å². The van der Waals surface area contributed by atoms with Crippen LogP contribution in [0.4, 0.5) is 0 Å². The molecule has 2 heteroatoms. The highest BCUT2D eigenvalue weighted by molar-refractivity contribution is 7.10. The van der Waals surface area contributed by atoms with Gasteiger partial charge in [-0.05, 0) is 85.6 Å². The molecule has 1 aromatic heterocycles. The van der Waals surface area contributed by atoms with Gasteiger partial charge in [0.05, 0.1) is 0 Å². The van der Waals surface area contributed by atoms with Crippen LogP contribution in [-0.4, -0.2) is 0 Å². The van der Waals surface area contributed by atoms with Gasteiger partial charge in [-0.15, -0.1) is 11.3 Å². The molecule has 98 valence electrons. The van der Waals surface area contributed by atoms with E-state index >= 15 is 0 Å². The number of nitrogens with two attached hydrogens (primary N) is 1. The van der Waals surface area contributed by atoms with Crippen LogP contribution in [0.25, 0.3) is 0 Å². The first-order valence-electron chi connectivity index (χ1n) is 7.45. The van der Waals surface area contributed by atoms with E-state index in [2.05, 4.69) is 18.4 Å². The Kier molecular flexibility index (Phi) is 2.44. The fourth-order valence-corrected chi connectivity index (χ4v) is 6.28. The summed E-state index contributed by atoms with van der Waals surface area (Å²) in [6, 6.07) is 2.63. The van der Waals surface area contributed by atoms with Crippen LogP contribution in [0, 0.1) is 30.1 Å². The molecular formula is C16H23NS. The minimum atomic E-state index is 0.302. The molecule has 0 radical (unpaired) electrons. The summed E-state index contributed by atoms with van der Waals surface area (Å²) in [6.07, 6.45) is 8.76. The Hall–Kier alpha value is -0.340. The van der Waals surface area contributed by atoms with Crippen molar-refractivity contribution in [1.82, 2.24) is 0 Å². The average molecular weight is 261 g/mol. The van der Waals surface area contributed by atoms with Gasteiger partial charge in [0.25, 0.3) is 0 Å². The summed E-state index contributed by atoms with van der Waals surface area (Å²) in [7, 11) is 0. The molecule has 0 aromatic carbocycles. The number of aryl methyl sites for hydroxylation is 1. The highest BCUT2D eigenvalue weighted by atomic mass is 32.1. The van der Waals surface area contributed by atoms with Gasteiger partial charge < -0.3 is 5.73 Å². The summed E-state index contributed by atoms with van der Waals surface area (Å²) in [5.41, 5.74) is 8.59. The Morgan fingerprint density at radius 3 is 2.17 bits per heavy atom. The fourth-order valence-electron chi connectivity index (χ4n) is 5.54. The van der Waals surface area contributed by atoms with Gasteiger partial charge in [-0.25, -0.2) is 0 Å². The molecule has 0 spiro atoms. The molecule has 4 aliphatic rings. The lowest BCUT2D eigenvalue weighted by molar-refractivity contribution is -0.0677. The van der Waals surface area contributed by atoms with E-state index in [-0.39, 0.29) is 0 Å². The van der Waals surface area contributed by atoms with Crippen LogP contribution < -0.4 is 5.73 Å². The molecule has 1 aromatic rings. The Morgan fingerprint density at radius 1 is 1.17 bits per heavy atom. The third kappa shape index (κ3) is 1.61. The highest BCUT2D eigenvalue weighted by Gasteiger charge is 2.53. The van der Waals surface area contributed by atoms with E-state index in [1.54, 1.807) is 0 Å². The normalized spacial score (nSPS) is 43.3. The van der Waals surface area contributed by atoms with Crippen molar-refractivity contribution >= 4 is 11.3 Å². The minimum absolute atomic E-state index is 0.302. The molecular weight excluding hydrogens is 238 g/mol. The maximum absolute atomic E-state index is 6.71. The molecule has 1 nitrogen and oxygen atoms in total. The van der Waals surface area contributed by atoms with Crippen molar-refractivity contribution in [3.05, 3.63) is 21.9 Å². The lowest BCUT2D eigenvalue weighted by atomic mass is 9.47. The maximum atomic E-state index is 6.71. The second-order valence-corrected chi connectivity index (χ2v) is 8.36. The molecule has 0 saturated heterocycles. The lowest BCUT2D eigenvalue weighted by Crippen LogP contribution is -2.50. The number of thiophene rings is 1. The third-order valence-electron chi connectivity index (χ3n) is 5.86. The van der Waals surface area contributed by atoms with Crippen molar-refractivity contribution < 1.29 is 0 Å². The van der Waals surface area contributed by atoms with Crippen LogP contribution in [-0.2, 0) is 0 Å². The first kappa shape index (κ1) is 11.5. The summed E-state index contributed by atoms with van der Waals surface area (Å²) in [4.78, 5) is 1.41. The molecule has 0 aliphatic heterocycles. The van der Waals surface area contributed by atoms with Crippen LogP contribution in [0.2, 0.25) is 0 Å². The topological polar surface area (TPSA) is 26.0 Å². The number of hydrogen-bond donors (Lipinski definition) is 1. The zero-order valence-electron chi connectivity index (χ0n) is 11.2. The van der Waals surface area contributed by atoms with Crippen LogP contribution in [0.5, 0.6) is 0 Å². The summed E-state index contributed by atoms with van der Waals surface area (Å²) < 4.78 is 0. The molecule has 5 rings (SSSR count). The summed E-state index contributed by atoms with van der Waals surface area (Å²) in [6.45, 7) is 2.20. The summed E-state index contributed by atoms with van der Waals surface area (Å²) in [5.74, 6) is 3.01. The first-order valence-corrected chi connectivity index (χ1v) is 8.33. The molecule has 2 N–H and O–H groups in total. The van der Waals surface area contributed by atoms with E-state index in [1.165, 1.54) is 49.0 Å². The third-order valence-corrected chi connectivity index (χ3v) is 6.73. The zero-order chi connectivity index (χ0) is 12.3. The van der Waals surface area contributed by atoms with Gasteiger partial charge in [0, 0.05) is 10.9 Å². The van der Waals surface area contributed by atoms with E-state index in [1.807, 2.05) is 11.3 Å². The van der Waals surface area contributed by atoms with Crippen molar-refractivity contribution in [2.24, 2.45) is 28.9 Å². The highest BCUT2D eigenvalue weighted by Crippen LogP contribution is 2.63. The number of hydrogen-bond acceptors (Lipinski definition) is 2. The summed E-state index contributed by atoms with van der Waals surface area (Å²) in [5, 5.41) is 2.30. The maximum Gasteiger partial charge on any atom is 0.0360 e. The SMILES string of the molecule is Cc1cc(C(N)C23CC4CC(CC(C4)C2)C3)cs1. The second-order valence-electron chi connectivity index (χ2n) is 7.25. The summed E-state index contributed by atoms with van der Waals surface area (Å²) >= 11 is 1.86. The van der Waals surface area contributed by atoms with Crippen molar-refractivity contribution in [1.29, 1.82) is 0 Å². The van der Waals surface area contributed by atoms with E-state index in [9.17, 15) is 0 Å². The predicted octanol–water partition coefficient (Wildman–Crippen LogP) is 4.27. The van der Waals surface area contributed by atoms with Crippen LogP contribution in [0.15, 0.2) is 11.4 Å². The second kappa shape index (κ2) is 3.83. The Balaban J connectivity index is 1.67. The molecule has 1 unspecified atom stereocenters. The van der Waals surface area contributed by atoms with Crippen molar-refractivity contribution in [3.8, 4) is 0 Å². The van der Waals surface area contributed by atoms with Crippen molar-refractivity contribution in [2.75, 3.05) is 0 Å². The minimum Gasteiger partial charge on any atom is -0.323 e. The van der Waals surface area contributed by atoms with Gasteiger partial charge in [-0.2, -0.15) is 0 Å². The Morgan fingerprint density at radius 2 is 1.72 bits per heavy atom. The smallest absolute Gasteiger partial charge is 0.0360 e. The fraction of sp³-hybridized carbons (Fsp3) is 0.750. The van der Waals surface area contributed by atoms with Gasteiger partial charge in [0.15, 0.2) is 0 Å². The van der Waals surface area contributed by atoms with E-state index in [0.717, 1.165) is 17.8 Å². The van der Waals surface area contributed by atoms with Gasteiger partial charge in [-0.3, -0.25) is 0 Å². The number of rotatable bonds is 2. The van der Waals surface area contributed by atoms with Crippen molar-refractivity contribution in [2.45, 2.75) is 51.5 Å². The first-order chi connectivity index (χ1) is 8.64. The van der Waals surface area contributed by atoms with Gasteiger partial charge in [-0.1, -0.05) is 0 Å². The average Bonchev–Trinajstić information content (AvgIpc) is 2.73. The van der Waals surface area contributed by atoms with Gasteiger partial charge >= 0.3 is 0 Å². The van der Waals surface area contributed by atoms with Gasteiger partial charge in [0.1, 0.15) is 0 Å². The molecule has 4 fully saturated rings. The molecule has 4 saturated carbocycles. The molecule has 1 heterocycles. The molecule has 4 bridgehead atoms. The van der Waals surface area contributed by atoms with Gasteiger partial charge in [0.2, 0.25) is 0 Å². The van der Waals surface area contributed by atoms with E-state index in [4.69, 9.17) is 5.73 Å². The zero-order valence-corrected chi connectivity index (χ0v) is 12.0. The Labute approximate surface area is 114 Å². The van der Waals surface area contributed by atoms with Crippen LogP contribution in [0.1, 0.15) is 55.0 Å². The molecule has 0 amide bonds. The predicted molar refractivity (Wildman–Crippen MR) is 76.6 cm³/mol. The lowest BCUT2D eigenvalue weighted by Gasteiger charge is -2.58. The largest absolute Gasteiger partial charge is 0.323 e. The quantitative estimate of drug-likeness (QED) is 0.845. The van der Waals surface area contributed by atoms with Crippen LogP contribution >= 0.6 is 11.3 Å². The molecule has 18 heavy (non-hydrogen) atoms. The Bertz CT molecular complexity index is 426. The van der Waals surface area contributed by atoms with E-state index < -0.39 is 0 Å².